The molecule has 3 aliphatic rings. The predicted octanol–water partition coefficient (Wildman–Crippen LogP) is 1.54. The Morgan fingerprint density at radius 2 is 1.76 bits per heavy atom. The van der Waals surface area contributed by atoms with E-state index >= 15 is 0 Å². The van der Waals surface area contributed by atoms with Crippen LogP contribution in [0.4, 0.5) is 4.79 Å². The van der Waals surface area contributed by atoms with Gasteiger partial charge in [0.05, 0.1) is 25.2 Å². The summed E-state index contributed by atoms with van der Waals surface area (Å²) in [5, 5.41) is 8.18. The smallest absolute Gasteiger partial charge is 0.407 e. The Hall–Kier alpha value is -2.21. The molecule has 2 saturated heterocycles. The molecule has 2 aliphatic heterocycles. The Balaban J connectivity index is 1.35. The first-order valence-electron chi connectivity index (χ1n) is 13.8. The number of nitrogens with one attached hydrogen (secondary N) is 3. The number of methoxy groups -OCH3 is 1. The molecule has 0 bridgehead atoms. The summed E-state index contributed by atoms with van der Waals surface area (Å²) in [7, 11) is 1.66. The number of alkyl carbamates (subject to hydrolysis) is 1. The fraction of sp³-hybridized carbons (Fsp3) is 0.815. The summed E-state index contributed by atoms with van der Waals surface area (Å²) in [6, 6.07) is 0. The highest BCUT2D eigenvalue weighted by molar-refractivity contribution is 5.78. The topological polar surface area (TPSA) is 157 Å². The number of carbonyl (C=O) groups excluding carboxylic acids is 3. The maximum absolute atomic E-state index is 12.6. The summed E-state index contributed by atoms with van der Waals surface area (Å²) < 4.78 is 23.9. The first-order chi connectivity index (χ1) is 18.1. The van der Waals surface area contributed by atoms with E-state index in [4.69, 9.17) is 24.7 Å². The third-order valence-corrected chi connectivity index (χ3v) is 7.80. The van der Waals surface area contributed by atoms with Crippen molar-refractivity contribution in [2.75, 3.05) is 39.9 Å². The lowest BCUT2D eigenvalue weighted by molar-refractivity contribution is -0.122. The van der Waals surface area contributed by atoms with Crippen LogP contribution in [0.5, 0.6) is 0 Å². The number of ether oxygens (including phenoxy) is 4. The third-order valence-electron chi connectivity index (χ3n) is 7.80. The molecule has 0 aromatic carbocycles. The van der Waals surface area contributed by atoms with Gasteiger partial charge in [0.2, 0.25) is 11.8 Å². The second-order valence-corrected chi connectivity index (χ2v) is 11.0. The molecule has 0 radical (unpaired) electrons. The molecule has 3 amide bonds. The van der Waals surface area contributed by atoms with Gasteiger partial charge in [0.25, 0.3) is 0 Å². The minimum atomic E-state index is -0.455. The van der Waals surface area contributed by atoms with Crippen LogP contribution in [0.2, 0.25) is 0 Å². The van der Waals surface area contributed by atoms with E-state index in [-0.39, 0.29) is 53.8 Å². The SMILES string of the molecule is COC1C(OC(=O)NCCCCCC(=O)NCCNC(=O)CN)CC[C@]2(CO2)C1C1(C)O[C@@H]1CC=C(C)C. The maximum atomic E-state index is 12.6. The van der Waals surface area contributed by atoms with Gasteiger partial charge in [-0.3, -0.25) is 9.59 Å². The van der Waals surface area contributed by atoms with Crippen molar-refractivity contribution in [3.63, 3.8) is 0 Å². The average molecular weight is 539 g/mol. The molecule has 11 heteroatoms. The number of nitrogens with two attached hydrogens (primary N) is 1. The van der Waals surface area contributed by atoms with Crippen molar-refractivity contribution >= 4 is 17.9 Å². The number of rotatable bonds is 15. The van der Waals surface area contributed by atoms with Gasteiger partial charge in [0.15, 0.2) is 0 Å². The van der Waals surface area contributed by atoms with Gasteiger partial charge in [-0.1, -0.05) is 18.1 Å². The number of allylic oxidation sites excluding steroid dienone is 1. The average Bonchev–Trinajstić information content (AvgIpc) is 3.80. The van der Waals surface area contributed by atoms with E-state index in [1.807, 2.05) is 0 Å². The lowest BCUT2D eigenvalue weighted by atomic mass is 9.68. The Bertz CT molecular complexity index is 858. The highest BCUT2D eigenvalue weighted by Crippen LogP contribution is 2.59. The zero-order valence-corrected chi connectivity index (χ0v) is 23.3. The molecule has 2 heterocycles. The monoisotopic (exact) mass is 538 g/mol. The van der Waals surface area contributed by atoms with Crippen LogP contribution in [-0.2, 0) is 28.5 Å². The molecular weight excluding hydrogens is 492 g/mol. The molecule has 3 rings (SSSR count). The van der Waals surface area contributed by atoms with Gasteiger partial charge < -0.3 is 40.6 Å². The lowest BCUT2D eigenvalue weighted by Gasteiger charge is -2.42. The van der Waals surface area contributed by atoms with E-state index in [2.05, 4.69) is 42.8 Å². The summed E-state index contributed by atoms with van der Waals surface area (Å²) in [6.45, 7) is 8.11. The van der Waals surface area contributed by atoms with Crippen LogP contribution in [0.3, 0.4) is 0 Å². The van der Waals surface area contributed by atoms with Crippen molar-refractivity contribution in [1.82, 2.24) is 16.0 Å². The van der Waals surface area contributed by atoms with Crippen LogP contribution >= 0.6 is 0 Å². The Morgan fingerprint density at radius 1 is 1.05 bits per heavy atom. The summed E-state index contributed by atoms with van der Waals surface area (Å²) in [4.78, 5) is 35.5. The highest BCUT2D eigenvalue weighted by Gasteiger charge is 2.72. The molecule has 0 aromatic heterocycles. The third kappa shape index (κ3) is 8.14. The van der Waals surface area contributed by atoms with Gasteiger partial charge in [-0.2, -0.15) is 0 Å². The van der Waals surface area contributed by atoms with Crippen LogP contribution in [0.25, 0.3) is 0 Å². The van der Waals surface area contributed by atoms with Gasteiger partial charge in [0, 0.05) is 33.2 Å². The second-order valence-electron chi connectivity index (χ2n) is 11.0. The van der Waals surface area contributed by atoms with Crippen LogP contribution in [0.15, 0.2) is 11.6 Å². The fourth-order valence-corrected chi connectivity index (χ4v) is 5.59. The molecular formula is C27H46N4O7. The van der Waals surface area contributed by atoms with Crippen molar-refractivity contribution < 1.29 is 33.3 Å². The number of hydrogen-bond donors (Lipinski definition) is 4. The first kappa shape index (κ1) is 30.3. The predicted molar refractivity (Wildman–Crippen MR) is 141 cm³/mol. The molecule has 5 N–H and O–H groups in total. The van der Waals surface area contributed by atoms with E-state index in [0.717, 1.165) is 25.7 Å². The van der Waals surface area contributed by atoms with Gasteiger partial charge in [0.1, 0.15) is 23.4 Å². The first-order valence-corrected chi connectivity index (χ1v) is 13.8. The summed E-state index contributed by atoms with van der Waals surface area (Å²) in [5.74, 6) is -0.321. The zero-order chi connectivity index (χ0) is 27.8. The molecule has 38 heavy (non-hydrogen) atoms. The van der Waals surface area contributed by atoms with Crippen LogP contribution in [-0.4, -0.2) is 87.3 Å². The largest absolute Gasteiger partial charge is 0.443 e. The number of hydrogen-bond acceptors (Lipinski definition) is 8. The fourth-order valence-electron chi connectivity index (χ4n) is 5.59. The van der Waals surface area contributed by atoms with Crippen molar-refractivity contribution in [3.05, 3.63) is 11.6 Å². The molecule has 1 aliphatic carbocycles. The van der Waals surface area contributed by atoms with E-state index in [9.17, 15) is 14.4 Å². The highest BCUT2D eigenvalue weighted by atomic mass is 16.6. The lowest BCUT2D eigenvalue weighted by Crippen LogP contribution is -2.56. The molecule has 11 nitrogen and oxygen atoms in total. The molecule has 1 saturated carbocycles. The second kappa shape index (κ2) is 13.7. The Kier molecular flexibility index (Phi) is 11.0. The van der Waals surface area contributed by atoms with E-state index in [1.54, 1.807) is 7.11 Å². The quantitative estimate of drug-likeness (QED) is 0.139. The van der Waals surface area contributed by atoms with Crippen LogP contribution in [0, 0.1) is 5.92 Å². The summed E-state index contributed by atoms with van der Waals surface area (Å²) in [6.07, 6.45) is 6.16. The Labute approximate surface area is 225 Å². The van der Waals surface area contributed by atoms with Gasteiger partial charge in [-0.15, -0.1) is 0 Å². The van der Waals surface area contributed by atoms with Crippen molar-refractivity contribution in [2.24, 2.45) is 11.7 Å². The summed E-state index contributed by atoms with van der Waals surface area (Å²) in [5.41, 5.74) is 5.84. The molecule has 4 unspecified atom stereocenters. The van der Waals surface area contributed by atoms with Gasteiger partial charge in [-0.25, -0.2) is 4.79 Å². The molecule has 0 aromatic rings. The maximum Gasteiger partial charge on any atom is 0.407 e. The van der Waals surface area contributed by atoms with Crippen molar-refractivity contribution in [1.29, 1.82) is 0 Å². The molecule has 6 atom stereocenters. The molecule has 1 spiro atoms. The Morgan fingerprint density at radius 3 is 2.39 bits per heavy atom. The number of unbranched alkanes of at least 4 members (excludes halogenated alkanes) is 2. The molecule has 3 fully saturated rings. The number of epoxide rings is 2. The van der Waals surface area contributed by atoms with Gasteiger partial charge in [-0.05, 0) is 52.9 Å². The standard InChI is InChI=1S/C27H46N4O7/c1-18(2)9-10-20-26(3,38-20)24-23(35-4)19(11-12-27(24)17-36-27)37-25(34)31-13-7-5-6-8-21(32)29-14-15-30-22(33)16-28/h9,19-20,23-24H,5-8,10-17,28H2,1-4H3,(H,29,32)(H,30,33)(H,31,34)/t19?,20-,23?,24?,26?,27+/m1/s1. The van der Waals surface area contributed by atoms with E-state index < -0.39 is 6.09 Å². The van der Waals surface area contributed by atoms with Crippen molar-refractivity contribution in [3.8, 4) is 0 Å². The number of amides is 3. The summed E-state index contributed by atoms with van der Waals surface area (Å²) >= 11 is 0. The van der Waals surface area contributed by atoms with E-state index in [1.165, 1.54) is 5.57 Å². The van der Waals surface area contributed by atoms with Crippen LogP contribution in [0.1, 0.15) is 65.7 Å². The van der Waals surface area contributed by atoms with Crippen LogP contribution < -0.4 is 21.7 Å². The van der Waals surface area contributed by atoms with Crippen molar-refractivity contribution in [2.45, 2.75) is 95.2 Å². The van der Waals surface area contributed by atoms with E-state index in [0.29, 0.717) is 45.5 Å². The number of carbonyl (C=O) groups is 3. The molecule has 216 valence electrons. The minimum Gasteiger partial charge on any atom is -0.443 e. The minimum absolute atomic E-state index is 0.00908. The normalized spacial score (nSPS) is 31.3. The van der Waals surface area contributed by atoms with Gasteiger partial charge >= 0.3 is 6.09 Å². The zero-order valence-electron chi connectivity index (χ0n) is 23.3.